The summed E-state index contributed by atoms with van der Waals surface area (Å²) in [6.07, 6.45) is 3.51. The fourth-order valence-corrected chi connectivity index (χ4v) is 3.20. The predicted octanol–water partition coefficient (Wildman–Crippen LogP) is 3.46. The van der Waals surface area contributed by atoms with Gasteiger partial charge < -0.3 is 16.0 Å². The Bertz CT molecular complexity index is 621. The van der Waals surface area contributed by atoms with Crippen LogP contribution in [0.3, 0.4) is 0 Å². The smallest absolute Gasteiger partial charge is 0.239 e. The van der Waals surface area contributed by atoms with Crippen molar-refractivity contribution in [3.8, 4) is 0 Å². The second-order valence-electron chi connectivity index (χ2n) is 7.72. The Hall–Kier alpha value is -1.02. The van der Waals surface area contributed by atoms with E-state index in [9.17, 15) is 4.79 Å². The van der Waals surface area contributed by atoms with Crippen molar-refractivity contribution >= 4 is 47.4 Å². The van der Waals surface area contributed by atoms with E-state index in [0.29, 0.717) is 5.96 Å². The van der Waals surface area contributed by atoms with E-state index in [2.05, 4.69) is 33.1 Å². The molecule has 0 aromatic heterocycles. The van der Waals surface area contributed by atoms with Crippen molar-refractivity contribution in [3.63, 3.8) is 0 Å². The lowest BCUT2D eigenvalue weighted by Crippen LogP contribution is -2.51. The number of halogens is 2. The van der Waals surface area contributed by atoms with Crippen LogP contribution in [0.5, 0.6) is 0 Å². The first-order valence-corrected chi connectivity index (χ1v) is 9.13. The zero-order chi connectivity index (χ0) is 18.5. The monoisotopic (exact) mass is 492 g/mol. The van der Waals surface area contributed by atoms with Crippen LogP contribution in [0.4, 0.5) is 0 Å². The molecule has 3 N–H and O–H groups in total. The van der Waals surface area contributed by atoms with Crippen LogP contribution in [0.1, 0.15) is 45.6 Å². The largest absolute Gasteiger partial charge is 0.356 e. The Balaban J connectivity index is 0.00000338. The van der Waals surface area contributed by atoms with Crippen molar-refractivity contribution in [2.75, 3.05) is 20.1 Å². The molecule has 1 aliphatic rings. The summed E-state index contributed by atoms with van der Waals surface area (Å²) in [5.41, 5.74) is 1.19. The van der Waals surface area contributed by atoms with Crippen LogP contribution in [0, 0.1) is 0 Å². The number of nitrogens with zero attached hydrogens (tertiary/aromatic N) is 1. The molecule has 7 heteroatoms. The first kappa shape index (κ1) is 23.0. The van der Waals surface area contributed by atoms with E-state index >= 15 is 0 Å². The fourth-order valence-electron chi connectivity index (χ4n) is 3.07. The summed E-state index contributed by atoms with van der Waals surface area (Å²) in [6.45, 7) is 6.87. The van der Waals surface area contributed by atoms with Gasteiger partial charge in [-0.3, -0.25) is 9.79 Å². The summed E-state index contributed by atoms with van der Waals surface area (Å²) in [5, 5.41) is 10.1. The number of rotatable bonds is 5. The zero-order valence-electron chi connectivity index (χ0n) is 16.0. The molecule has 0 unspecified atom stereocenters. The van der Waals surface area contributed by atoms with Gasteiger partial charge in [0.05, 0.1) is 6.54 Å². The maximum atomic E-state index is 11.9. The van der Waals surface area contributed by atoms with E-state index < -0.39 is 0 Å². The number of guanidine groups is 1. The van der Waals surface area contributed by atoms with Crippen molar-refractivity contribution in [2.45, 2.75) is 51.0 Å². The number of aliphatic imine (C=N–C) groups is 1. The van der Waals surface area contributed by atoms with Gasteiger partial charge >= 0.3 is 0 Å². The highest BCUT2D eigenvalue weighted by molar-refractivity contribution is 14.0. The summed E-state index contributed by atoms with van der Waals surface area (Å²) >= 11 is 6.01. The van der Waals surface area contributed by atoms with Gasteiger partial charge in [0.1, 0.15) is 0 Å². The summed E-state index contributed by atoms with van der Waals surface area (Å²) in [4.78, 5) is 16.2. The highest BCUT2D eigenvalue weighted by Crippen LogP contribution is 2.43. The third kappa shape index (κ3) is 6.61. The van der Waals surface area contributed by atoms with Gasteiger partial charge in [0, 0.05) is 29.6 Å². The van der Waals surface area contributed by atoms with E-state index in [4.69, 9.17) is 11.6 Å². The molecule has 2 rings (SSSR count). The van der Waals surface area contributed by atoms with Gasteiger partial charge in [0.15, 0.2) is 5.96 Å². The number of amides is 1. The summed E-state index contributed by atoms with van der Waals surface area (Å²) in [5.74, 6) is 0.593. The topological polar surface area (TPSA) is 65.5 Å². The lowest BCUT2D eigenvalue weighted by molar-refractivity contribution is -0.121. The highest BCUT2D eigenvalue weighted by atomic mass is 127. The molecule has 0 aliphatic heterocycles. The van der Waals surface area contributed by atoms with Crippen LogP contribution >= 0.6 is 35.6 Å². The second-order valence-corrected chi connectivity index (χ2v) is 8.15. The molecular weight excluding hydrogens is 463 g/mol. The number of hydrogen-bond donors (Lipinski definition) is 3. The third-order valence-corrected chi connectivity index (χ3v) is 4.77. The average molecular weight is 493 g/mol. The molecule has 1 aromatic carbocycles. The number of carbonyl (C=O) groups excluding carboxylic acids is 1. The van der Waals surface area contributed by atoms with E-state index in [1.165, 1.54) is 12.0 Å². The minimum absolute atomic E-state index is 0. The van der Waals surface area contributed by atoms with Crippen LogP contribution in [0.25, 0.3) is 0 Å². The van der Waals surface area contributed by atoms with E-state index in [1.54, 1.807) is 7.05 Å². The maximum Gasteiger partial charge on any atom is 0.239 e. The number of benzene rings is 1. The molecular formula is C19H30ClIN4O. The van der Waals surface area contributed by atoms with E-state index in [-0.39, 0.29) is 47.4 Å². The third-order valence-electron chi connectivity index (χ3n) is 4.52. The standard InChI is InChI=1S/C19H29ClN4O.HI/c1-18(2,3)24-16(25)12-22-17(21-4)23-13-19(10-5-11-19)14-6-8-15(20)9-7-14;/h6-9H,5,10-13H2,1-4H3,(H,24,25)(H2,21,22,23);1H. The Kier molecular flexibility index (Phi) is 8.66. The van der Waals surface area contributed by atoms with Crippen LogP contribution in [-0.2, 0) is 10.2 Å². The van der Waals surface area contributed by atoms with Crippen LogP contribution in [-0.4, -0.2) is 37.5 Å². The number of hydrogen-bond acceptors (Lipinski definition) is 2. The van der Waals surface area contributed by atoms with Crippen LogP contribution in [0.2, 0.25) is 5.02 Å². The Morgan fingerprint density at radius 3 is 2.27 bits per heavy atom. The molecule has 1 fully saturated rings. The molecule has 0 atom stereocenters. The van der Waals surface area contributed by atoms with Gasteiger partial charge in [-0.25, -0.2) is 0 Å². The highest BCUT2D eigenvalue weighted by Gasteiger charge is 2.38. The van der Waals surface area contributed by atoms with Gasteiger partial charge in [0.2, 0.25) is 5.91 Å². The van der Waals surface area contributed by atoms with Crippen LogP contribution in [0.15, 0.2) is 29.3 Å². The van der Waals surface area contributed by atoms with Gasteiger partial charge in [-0.05, 0) is 51.3 Å². The lowest BCUT2D eigenvalue weighted by Gasteiger charge is -2.43. The average Bonchev–Trinajstić information content (AvgIpc) is 2.49. The Morgan fingerprint density at radius 2 is 1.81 bits per heavy atom. The van der Waals surface area contributed by atoms with E-state index in [1.807, 2.05) is 32.9 Å². The molecule has 0 saturated heterocycles. The van der Waals surface area contributed by atoms with Gasteiger partial charge in [-0.15, -0.1) is 24.0 Å². The molecule has 1 saturated carbocycles. The molecule has 146 valence electrons. The zero-order valence-corrected chi connectivity index (χ0v) is 19.1. The van der Waals surface area contributed by atoms with Gasteiger partial charge in [-0.1, -0.05) is 30.2 Å². The molecule has 0 heterocycles. The van der Waals surface area contributed by atoms with Crippen molar-refractivity contribution < 1.29 is 4.79 Å². The van der Waals surface area contributed by atoms with Gasteiger partial charge in [-0.2, -0.15) is 0 Å². The minimum atomic E-state index is -0.236. The molecule has 1 aromatic rings. The molecule has 5 nitrogen and oxygen atoms in total. The lowest BCUT2D eigenvalue weighted by atomic mass is 9.64. The summed E-state index contributed by atoms with van der Waals surface area (Å²) in [7, 11) is 1.72. The Labute approximate surface area is 178 Å². The molecule has 0 bridgehead atoms. The quantitative estimate of drug-likeness (QED) is 0.335. The van der Waals surface area contributed by atoms with Crippen molar-refractivity contribution in [3.05, 3.63) is 34.9 Å². The van der Waals surface area contributed by atoms with Crippen LogP contribution < -0.4 is 16.0 Å². The molecule has 0 spiro atoms. The molecule has 0 radical (unpaired) electrons. The predicted molar refractivity (Wildman–Crippen MR) is 120 cm³/mol. The van der Waals surface area contributed by atoms with Gasteiger partial charge in [0.25, 0.3) is 0 Å². The van der Waals surface area contributed by atoms with Crippen molar-refractivity contribution in [2.24, 2.45) is 4.99 Å². The maximum absolute atomic E-state index is 11.9. The normalized spacial score (nSPS) is 16.1. The SMILES string of the molecule is CN=C(NCC(=O)NC(C)(C)C)NCC1(c2ccc(Cl)cc2)CCC1.I. The number of nitrogens with one attached hydrogen (secondary N) is 3. The first-order chi connectivity index (χ1) is 11.7. The molecule has 1 amide bonds. The first-order valence-electron chi connectivity index (χ1n) is 8.76. The number of carbonyl (C=O) groups is 1. The van der Waals surface area contributed by atoms with Crippen molar-refractivity contribution in [1.82, 2.24) is 16.0 Å². The van der Waals surface area contributed by atoms with Crippen molar-refractivity contribution in [1.29, 1.82) is 0 Å². The second kappa shape index (κ2) is 9.78. The molecule has 1 aliphatic carbocycles. The summed E-state index contributed by atoms with van der Waals surface area (Å²) < 4.78 is 0. The summed E-state index contributed by atoms with van der Waals surface area (Å²) in [6, 6.07) is 8.11. The Morgan fingerprint density at radius 1 is 1.19 bits per heavy atom. The molecule has 26 heavy (non-hydrogen) atoms. The fraction of sp³-hybridized carbons (Fsp3) is 0.579. The minimum Gasteiger partial charge on any atom is -0.356 e. The van der Waals surface area contributed by atoms with E-state index in [0.717, 1.165) is 24.4 Å².